The van der Waals surface area contributed by atoms with Crippen molar-refractivity contribution in [1.82, 2.24) is 15.6 Å². The quantitative estimate of drug-likeness (QED) is 0.723. The van der Waals surface area contributed by atoms with Gasteiger partial charge in [0, 0.05) is 25.2 Å². The fourth-order valence-electron chi connectivity index (χ4n) is 1.80. The van der Waals surface area contributed by atoms with Crippen molar-refractivity contribution in [3.8, 4) is 0 Å². The fourth-order valence-corrected chi connectivity index (χ4v) is 1.80. The molecule has 2 rings (SSSR count). The summed E-state index contributed by atoms with van der Waals surface area (Å²) in [7, 11) is 0. The van der Waals surface area contributed by atoms with Crippen molar-refractivity contribution < 1.29 is 9.59 Å². The fraction of sp³-hybridized carbons (Fsp3) is 0.417. The molecule has 1 aliphatic heterocycles. The van der Waals surface area contributed by atoms with Gasteiger partial charge >= 0.3 is 6.03 Å². The van der Waals surface area contributed by atoms with Crippen LogP contribution in [0.5, 0.6) is 0 Å². The number of carbonyl (C=O) groups is 2. The van der Waals surface area contributed by atoms with Crippen molar-refractivity contribution in [2.24, 2.45) is 0 Å². The van der Waals surface area contributed by atoms with Gasteiger partial charge in [0.05, 0.1) is 0 Å². The zero-order valence-electron chi connectivity index (χ0n) is 10.2. The van der Waals surface area contributed by atoms with E-state index in [1.807, 2.05) is 19.1 Å². The molecule has 1 fully saturated rings. The Labute approximate surface area is 105 Å². The smallest absolute Gasteiger partial charge is 0.320 e. The molecule has 3 amide bonds. The van der Waals surface area contributed by atoms with E-state index in [2.05, 4.69) is 20.9 Å². The number of nitrogens with one attached hydrogen (secondary N) is 3. The van der Waals surface area contributed by atoms with E-state index >= 15 is 0 Å². The minimum atomic E-state index is -0.294. The Morgan fingerprint density at radius 1 is 1.56 bits per heavy atom. The number of rotatable bonds is 2. The van der Waals surface area contributed by atoms with E-state index in [0.29, 0.717) is 25.2 Å². The first-order valence-electron chi connectivity index (χ1n) is 5.91. The molecule has 1 saturated heterocycles. The van der Waals surface area contributed by atoms with Crippen LogP contribution in [0.3, 0.4) is 0 Å². The van der Waals surface area contributed by atoms with E-state index in [4.69, 9.17) is 0 Å². The first-order chi connectivity index (χ1) is 8.65. The number of hydrogen-bond acceptors (Lipinski definition) is 3. The molecule has 18 heavy (non-hydrogen) atoms. The summed E-state index contributed by atoms with van der Waals surface area (Å²) < 4.78 is 0. The zero-order chi connectivity index (χ0) is 13.0. The second kappa shape index (κ2) is 5.48. The molecule has 0 bridgehead atoms. The largest absolute Gasteiger partial charge is 0.354 e. The number of nitrogens with zero attached hydrogens (tertiary/aromatic N) is 1. The molecule has 3 N–H and O–H groups in total. The lowest BCUT2D eigenvalue weighted by Crippen LogP contribution is -2.49. The molecule has 1 aliphatic rings. The highest BCUT2D eigenvalue weighted by Gasteiger charge is 2.19. The molecule has 2 heterocycles. The van der Waals surface area contributed by atoms with Crippen LogP contribution in [0.25, 0.3) is 0 Å². The van der Waals surface area contributed by atoms with Gasteiger partial charge in [0.15, 0.2) is 0 Å². The number of piperidine rings is 1. The maximum absolute atomic E-state index is 11.7. The summed E-state index contributed by atoms with van der Waals surface area (Å²) in [5, 5.41) is 8.22. The summed E-state index contributed by atoms with van der Waals surface area (Å²) in [6.45, 7) is 2.36. The van der Waals surface area contributed by atoms with E-state index in [1.54, 1.807) is 6.20 Å². The van der Waals surface area contributed by atoms with Crippen molar-refractivity contribution in [2.75, 3.05) is 11.9 Å². The highest BCUT2D eigenvalue weighted by atomic mass is 16.2. The number of aromatic nitrogens is 1. The van der Waals surface area contributed by atoms with Crippen LogP contribution in [-0.2, 0) is 4.79 Å². The molecule has 0 saturated carbocycles. The summed E-state index contributed by atoms with van der Waals surface area (Å²) in [5.74, 6) is 0.587. The van der Waals surface area contributed by atoms with E-state index in [-0.39, 0.29) is 18.0 Å². The van der Waals surface area contributed by atoms with Gasteiger partial charge in [-0.1, -0.05) is 6.07 Å². The number of carbonyl (C=O) groups excluding carboxylic acids is 2. The number of amides is 3. The minimum absolute atomic E-state index is 0.0216. The Kier molecular flexibility index (Phi) is 3.76. The van der Waals surface area contributed by atoms with Gasteiger partial charge in [0.1, 0.15) is 5.82 Å². The number of aryl methyl sites for hydroxylation is 1. The van der Waals surface area contributed by atoms with Crippen LogP contribution in [0.15, 0.2) is 18.3 Å². The number of anilines is 1. The number of urea groups is 1. The van der Waals surface area contributed by atoms with Crippen LogP contribution in [0.1, 0.15) is 18.4 Å². The van der Waals surface area contributed by atoms with E-state index < -0.39 is 0 Å². The van der Waals surface area contributed by atoms with E-state index in [1.165, 1.54) is 0 Å². The third-order valence-corrected chi connectivity index (χ3v) is 2.84. The van der Waals surface area contributed by atoms with Crippen molar-refractivity contribution in [3.05, 3.63) is 23.9 Å². The molecule has 0 aromatic carbocycles. The van der Waals surface area contributed by atoms with E-state index in [9.17, 15) is 9.59 Å². The molecule has 1 aromatic rings. The summed E-state index contributed by atoms with van der Waals surface area (Å²) in [6.07, 6.45) is 2.75. The van der Waals surface area contributed by atoms with Crippen LogP contribution in [-0.4, -0.2) is 29.5 Å². The minimum Gasteiger partial charge on any atom is -0.354 e. The summed E-state index contributed by atoms with van der Waals surface area (Å²) in [4.78, 5) is 26.8. The lowest BCUT2D eigenvalue weighted by atomic mass is 10.1. The predicted molar refractivity (Wildman–Crippen MR) is 67.2 cm³/mol. The van der Waals surface area contributed by atoms with Crippen LogP contribution < -0.4 is 16.0 Å². The van der Waals surface area contributed by atoms with Crippen molar-refractivity contribution >= 4 is 17.8 Å². The standard InChI is InChI=1S/C12H16N4O2/c1-8-3-2-6-13-11(8)16-12(18)15-9-4-5-10(17)14-7-9/h2-3,6,9H,4-5,7H2,1H3,(H,14,17)(H2,13,15,16,18)/t9-/m1/s1. The molecule has 0 radical (unpaired) electrons. The highest BCUT2D eigenvalue weighted by molar-refractivity contribution is 5.89. The molecule has 96 valence electrons. The van der Waals surface area contributed by atoms with Crippen LogP contribution in [0, 0.1) is 6.92 Å². The molecule has 0 spiro atoms. The molecule has 0 aliphatic carbocycles. The van der Waals surface area contributed by atoms with Crippen LogP contribution in [0.2, 0.25) is 0 Å². The van der Waals surface area contributed by atoms with Crippen molar-refractivity contribution in [2.45, 2.75) is 25.8 Å². The predicted octanol–water partition coefficient (Wildman–Crippen LogP) is 0.790. The Morgan fingerprint density at radius 2 is 2.39 bits per heavy atom. The second-order valence-electron chi connectivity index (χ2n) is 4.31. The topological polar surface area (TPSA) is 83.1 Å². The third kappa shape index (κ3) is 3.19. The maximum atomic E-state index is 11.7. The van der Waals surface area contributed by atoms with Gasteiger partial charge in [-0.05, 0) is 25.0 Å². The first kappa shape index (κ1) is 12.3. The Balaban J connectivity index is 1.86. The lowest BCUT2D eigenvalue weighted by molar-refractivity contribution is -0.122. The van der Waals surface area contributed by atoms with Crippen molar-refractivity contribution in [1.29, 1.82) is 0 Å². The van der Waals surface area contributed by atoms with E-state index in [0.717, 1.165) is 5.56 Å². The molecule has 1 aromatic heterocycles. The summed E-state index contributed by atoms with van der Waals surface area (Å²) >= 11 is 0. The second-order valence-corrected chi connectivity index (χ2v) is 4.31. The van der Waals surface area contributed by atoms with Gasteiger partial charge in [-0.15, -0.1) is 0 Å². The Hall–Kier alpha value is -2.11. The van der Waals surface area contributed by atoms with Crippen LogP contribution in [0.4, 0.5) is 10.6 Å². The van der Waals surface area contributed by atoms with Crippen LogP contribution >= 0.6 is 0 Å². The third-order valence-electron chi connectivity index (χ3n) is 2.84. The Bertz CT molecular complexity index is 451. The molecular formula is C12H16N4O2. The Morgan fingerprint density at radius 3 is 3.06 bits per heavy atom. The maximum Gasteiger partial charge on any atom is 0.320 e. The SMILES string of the molecule is Cc1cccnc1NC(=O)N[C@@H]1CCC(=O)NC1. The average molecular weight is 248 g/mol. The number of hydrogen-bond donors (Lipinski definition) is 3. The average Bonchev–Trinajstić information content (AvgIpc) is 2.35. The highest BCUT2D eigenvalue weighted by Crippen LogP contribution is 2.09. The zero-order valence-corrected chi connectivity index (χ0v) is 10.2. The summed E-state index contributed by atoms with van der Waals surface area (Å²) in [6, 6.07) is 3.38. The molecule has 0 unspecified atom stereocenters. The first-order valence-corrected chi connectivity index (χ1v) is 5.91. The van der Waals surface area contributed by atoms with Gasteiger partial charge in [-0.25, -0.2) is 9.78 Å². The monoisotopic (exact) mass is 248 g/mol. The van der Waals surface area contributed by atoms with Gasteiger partial charge in [-0.2, -0.15) is 0 Å². The molecular weight excluding hydrogens is 232 g/mol. The van der Waals surface area contributed by atoms with Gasteiger partial charge in [-0.3, -0.25) is 10.1 Å². The molecule has 1 atom stereocenters. The lowest BCUT2D eigenvalue weighted by Gasteiger charge is -2.23. The normalized spacial score (nSPS) is 18.9. The van der Waals surface area contributed by atoms with Gasteiger partial charge in [0.2, 0.25) is 5.91 Å². The van der Waals surface area contributed by atoms with Gasteiger partial charge in [0.25, 0.3) is 0 Å². The summed E-state index contributed by atoms with van der Waals surface area (Å²) in [5.41, 5.74) is 0.907. The number of pyridine rings is 1. The molecule has 6 nitrogen and oxygen atoms in total. The van der Waals surface area contributed by atoms with Crippen molar-refractivity contribution in [3.63, 3.8) is 0 Å². The molecule has 6 heteroatoms. The van der Waals surface area contributed by atoms with Gasteiger partial charge < -0.3 is 10.6 Å².